The number of nitrogens with zero attached hydrogens (tertiary/aromatic N) is 2. The molecule has 0 fully saturated rings. The summed E-state index contributed by atoms with van der Waals surface area (Å²) in [7, 11) is 0. The van der Waals surface area contributed by atoms with Crippen LogP contribution in [0.1, 0.15) is 18.2 Å². The van der Waals surface area contributed by atoms with Gasteiger partial charge in [-0.2, -0.15) is 5.10 Å². The third-order valence-corrected chi connectivity index (χ3v) is 3.18. The number of anilines is 2. The van der Waals surface area contributed by atoms with E-state index in [2.05, 4.69) is 39.3 Å². The van der Waals surface area contributed by atoms with Gasteiger partial charge in [0.25, 0.3) is 0 Å². The van der Waals surface area contributed by atoms with E-state index in [0.717, 1.165) is 40.2 Å². The molecule has 0 aromatic carbocycles. The number of nitrogens with one attached hydrogen (secondary N) is 3. The standard InChI is InChI=1S/C13H15N5/c1-3-10-8(2)12(18-17-10)16-11-5-7-15-13-9(11)4-6-14-13/h4-7H,3H2,1-2H3,(H3,14,15,16,17,18). The molecular weight excluding hydrogens is 226 g/mol. The molecule has 3 heterocycles. The normalized spacial score (nSPS) is 11.0. The van der Waals surface area contributed by atoms with Gasteiger partial charge in [-0.05, 0) is 25.5 Å². The minimum absolute atomic E-state index is 0.876. The maximum atomic E-state index is 4.31. The van der Waals surface area contributed by atoms with Gasteiger partial charge in [-0.15, -0.1) is 0 Å². The van der Waals surface area contributed by atoms with Crippen LogP contribution in [0, 0.1) is 6.92 Å². The number of H-pyrrole nitrogens is 2. The fourth-order valence-electron chi connectivity index (χ4n) is 2.10. The Morgan fingerprint density at radius 3 is 3.00 bits per heavy atom. The van der Waals surface area contributed by atoms with E-state index in [0.29, 0.717) is 0 Å². The van der Waals surface area contributed by atoms with Crippen LogP contribution in [0.25, 0.3) is 11.0 Å². The van der Waals surface area contributed by atoms with Gasteiger partial charge in [-0.3, -0.25) is 5.10 Å². The first kappa shape index (κ1) is 10.8. The van der Waals surface area contributed by atoms with Crippen molar-refractivity contribution in [2.75, 3.05) is 5.32 Å². The van der Waals surface area contributed by atoms with Crippen LogP contribution < -0.4 is 5.32 Å². The SMILES string of the molecule is CCc1[nH]nc(Nc2ccnc3[nH]ccc23)c1C. The zero-order chi connectivity index (χ0) is 12.5. The smallest absolute Gasteiger partial charge is 0.155 e. The molecule has 18 heavy (non-hydrogen) atoms. The van der Waals surface area contributed by atoms with E-state index in [1.165, 1.54) is 0 Å². The summed E-state index contributed by atoms with van der Waals surface area (Å²) in [5.74, 6) is 0.876. The summed E-state index contributed by atoms with van der Waals surface area (Å²) >= 11 is 0. The predicted octanol–water partition coefficient (Wildman–Crippen LogP) is 2.90. The molecule has 3 N–H and O–H groups in total. The van der Waals surface area contributed by atoms with Crippen LogP contribution in [0.5, 0.6) is 0 Å². The number of rotatable bonds is 3. The average Bonchev–Trinajstić information content (AvgIpc) is 2.98. The molecule has 0 aliphatic rings. The van der Waals surface area contributed by atoms with Gasteiger partial charge in [0, 0.05) is 29.0 Å². The van der Waals surface area contributed by atoms with Gasteiger partial charge >= 0.3 is 0 Å². The maximum absolute atomic E-state index is 4.31. The molecule has 5 heteroatoms. The Bertz CT molecular complexity index is 680. The molecule has 0 radical (unpaired) electrons. The first-order chi connectivity index (χ1) is 8.79. The summed E-state index contributed by atoms with van der Waals surface area (Å²) in [6.45, 7) is 4.18. The van der Waals surface area contributed by atoms with E-state index in [1.54, 1.807) is 6.20 Å². The van der Waals surface area contributed by atoms with Crippen LogP contribution in [0.2, 0.25) is 0 Å². The molecule has 0 saturated carbocycles. The fraction of sp³-hybridized carbons (Fsp3) is 0.231. The van der Waals surface area contributed by atoms with Crippen molar-refractivity contribution in [2.24, 2.45) is 0 Å². The van der Waals surface area contributed by atoms with Gasteiger partial charge in [-0.25, -0.2) is 4.98 Å². The second-order valence-corrected chi connectivity index (χ2v) is 4.25. The molecule has 3 aromatic heterocycles. The monoisotopic (exact) mass is 241 g/mol. The highest BCUT2D eigenvalue weighted by Crippen LogP contribution is 2.25. The van der Waals surface area contributed by atoms with E-state index in [-0.39, 0.29) is 0 Å². The quantitative estimate of drug-likeness (QED) is 0.660. The predicted molar refractivity (Wildman–Crippen MR) is 72.1 cm³/mol. The lowest BCUT2D eigenvalue weighted by atomic mass is 10.2. The van der Waals surface area contributed by atoms with E-state index >= 15 is 0 Å². The topological polar surface area (TPSA) is 69.4 Å². The molecule has 3 aromatic rings. The highest BCUT2D eigenvalue weighted by atomic mass is 15.2. The van der Waals surface area contributed by atoms with Crippen molar-refractivity contribution in [1.29, 1.82) is 0 Å². The minimum atomic E-state index is 0.876. The minimum Gasteiger partial charge on any atom is -0.346 e. The van der Waals surface area contributed by atoms with Crippen molar-refractivity contribution in [1.82, 2.24) is 20.2 Å². The Hall–Kier alpha value is -2.30. The second kappa shape index (κ2) is 4.18. The van der Waals surface area contributed by atoms with Crippen LogP contribution in [0.4, 0.5) is 11.5 Å². The second-order valence-electron chi connectivity index (χ2n) is 4.25. The number of fused-ring (bicyclic) bond motifs is 1. The van der Waals surface area contributed by atoms with Crippen molar-refractivity contribution < 1.29 is 0 Å². The molecule has 3 rings (SSSR count). The summed E-state index contributed by atoms with van der Waals surface area (Å²) in [6.07, 6.45) is 4.62. The van der Waals surface area contributed by atoms with Crippen LogP contribution >= 0.6 is 0 Å². The number of hydrogen-bond donors (Lipinski definition) is 3. The molecule has 0 saturated heterocycles. The Balaban J connectivity index is 2.01. The van der Waals surface area contributed by atoms with E-state index < -0.39 is 0 Å². The van der Waals surface area contributed by atoms with Crippen LogP contribution in [-0.2, 0) is 6.42 Å². The fourth-order valence-corrected chi connectivity index (χ4v) is 2.10. The number of aromatic amines is 2. The van der Waals surface area contributed by atoms with Gasteiger partial charge in [-0.1, -0.05) is 6.92 Å². The molecule has 0 aliphatic heterocycles. The number of hydrogen-bond acceptors (Lipinski definition) is 3. The van der Waals surface area contributed by atoms with E-state index in [1.807, 2.05) is 18.3 Å². The third kappa shape index (κ3) is 1.64. The molecule has 0 unspecified atom stereocenters. The molecular formula is C13H15N5. The lowest BCUT2D eigenvalue weighted by Gasteiger charge is -2.05. The number of aryl methyl sites for hydroxylation is 1. The average molecular weight is 241 g/mol. The summed E-state index contributed by atoms with van der Waals surface area (Å²) in [5, 5.41) is 11.8. The number of pyridine rings is 1. The summed E-state index contributed by atoms with van der Waals surface area (Å²) < 4.78 is 0. The van der Waals surface area contributed by atoms with Gasteiger partial charge < -0.3 is 10.3 Å². The lowest BCUT2D eigenvalue weighted by Crippen LogP contribution is -1.94. The Kier molecular flexibility index (Phi) is 2.51. The van der Waals surface area contributed by atoms with Crippen LogP contribution in [-0.4, -0.2) is 20.2 Å². The van der Waals surface area contributed by atoms with Crippen molar-refractivity contribution in [3.8, 4) is 0 Å². The van der Waals surface area contributed by atoms with Crippen molar-refractivity contribution in [3.63, 3.8) is 0 Å². The number of aromatic nitrogens is 4. The highest BCUT2D eigenvalue weighted by Gasteiger charge is 2.09. The van der Waals surface area contributed by atoms with Gasteiger partial charge in [0.1, 0.15) is 5.65 Å². The lowest BCUT2D eigenvalue weighted by molar-refractivity contribution is 0.970. The largest absolute Gasteiger partial charge is 0.346 e. The van der Waals surface area contributed by atoms with Gasteiger partial charge in [0.15, 0.2) is 5.82 Å². The van der Waals surface area contributed by atoms with Crippen LogP contribution in [0.3, 0.4) is 0 Å². The zero-order valence-electron chi connectivity index (χ0n) is 10.4. The Labute approximate surface area is 105 Å². The molecule has 0 atom stereocenters. The van der Waals surface area contributed by atoms with Gasteiger partial charge in [0.2, 0.25) is 0 Å². The van der Waals surface area contributed by atoms with Crippen molar-refractivity contribution in [3.05, 3.63) is 35.8 Å². The first-order valence-corrected chi connectivity index (χ1v) is 6.02. The van der Waals surface area contributed by atoms with Crippen molar-refractivity contribution in [2.45, 2.75) is 20.3 Å². The molecule has 0 amide bonds. The third-order valence-electron chi connectivity index (χ3n) is 3.18. The van der Waals surface area contributed by atoms with E-state index in [9.17, 15) is 0 Å². The van der Waals surface area contributed by atoms with E-state index in [4.69, 9.17) is 0 Å². The molecule has 0 bridgehead atoms. The van der Waals surface area contributed by atoms with Crippen molar-refractivity contribution >= 4 is 22.5 Å². The Morgan fingerprint density at radius 1 is 1.33 bits per heavy atom. The summed E-state index contributed by atoms with van der Waals surface area (Å²) in [6, 6.07) is 3.96. The zero-order valence-corrected chi connectivity index (χ0v) is 10.4. The van der Waals surface area contributed by atoms with Gasteiger partial charge in [0.05, 0.1) is 5.69 Å². The highest BCUT2D eigenvalue weighted by molar-refractivity contribution is 5.91. The molecule has 5 nitrogen and oxygen atoms in total. The summed E-state index contributed by atoms with van der Waals surface area (Å²) in [5.41, 5.74) is 4.22. The summed E-state index contributed by atoms with van der Waals surface area (Å²) in [4.78, 5) is 7.36. The molecule has 0 aliphatic carbocycles. The molecule has 0 spiro atoms. The maximum Gasteiger partial charge on any atom is 0.155 e. The molecule has 92 valence electrons. The first-order valence-electron chi connectivity index (χ1n) is 6.02. The van der Waals surface area contributed by atoms with Crippen LogP contribution in [0.15, 0.2) is 24.5 Å². The Morgan fingerprint density at radius 2 is 2.22 bits per heavy atom.